The van der Waals surface area contributed by atoms with Crippen LogP contribution in [-0.4, -0.2) is 19.3 Å². The Labute approximate surface area is 143 Å². The van der Waals surface area contributed by atoms with Crippen LogP contribution < -0.4 is 0 Å². The molecule has 2 aromatic carbocycles. The minimum absolute atomic E-state index is 0.215. The van der Waals surface area contributed by atoms with E-state index in [1.54, 1.807) is 48.5 Å². The summed E-state index contributed by atoms with van der Waals surface area (Å²) >= 11 is 5.94. The second kappa shape index (κ2) is 6.87. The highest BCUT2D eigenvalue weighted by Gasteiger charge is 2.37. The molecule has 0 bridgehead atoms. The van der Waals surface area contributed by atoms with Gasteiger partial charge < -0.3 is 0 Å². The van der Waals surface area contributed by atoms with Crippen LogP contribution in [0.25, 0.3) is 0 Å². The summed E-state index contributed by atoms with van der Waals surface area (Å²) in [5.74, 6) is 0. The molecule has 0 fully saturated rings. The Bertz CT molecular complexity index is 768. The molecule has 0 radical (unpaired) electrons. The Balaban J connectivity index is 2.53. The Morgan fingerprint density at radius 3 is 2.17 bits per heavy atom. The summed E-state index contributed by atoms with van der Waals surface area (Å²) < 4.78 is 27.6. The zero-order valence-electron chi connectivity index (χ0n) is 13.2. The van der Waals surface area contributed by atoms with Crippen molar-refractivity contribution in [3.05, 3.63) is 77.8 Å². The van der Waals surface area contributed by atoms with Gasteiger partial charge in [-0.05, 0) is 43.7 Å². The van der Waals surface area contributed by atoms with Gasteiger partial charge in [0.05, 0.1) is 10.4 Å². The molecule has 0 N–H and O–H groups in total. The van der Waals surface area contributed by atoms with Crippen molar-refractivity contribution >= 4 is 21.6 Å². The van der Waals surface area contributed by atoms with Gasteiger partial charge in [-0.3, -0.25) is 0 Å². The van der Waals surface area contributed by atoms with Gasteiger partial charge in [0.1, 0.15) is 0 Å². The lowest BCUT2D eigenvalue weighted by Gasteiger charge is -2.37. The third kappa shape index (κ3) is 3.66. The summed E-state index contributed by atoms with van der Waals surface area (Å²) in [6.07, 6.45) is 1.60. The number of hydrogen-bond donors (Lipinski definition) is 0. The van der Waals surface area contributed by atoms with E-state index in [1.807, 2.05) is 26.0 Å². The molecule has 0 aromatic heterocycles. The van der Waals surface area contributed by atoms with Crippen molar-refractivity contribution in [2.75, 3.05) is 6.54 Å². The first-order valence-electron chi connectivity index (χ1n) is 7.25. The standard InChI is InChI=1S/C18H20ClNO2S/c1-4-14-20(23(21,22)17-8-6-5-7-9-17)18(2,3)15-10-12-16(19)13-11-15/h4-13H,1,14H2,2-3H3. The fraction of sp³-hybridized carbons (Fsp3) is 0.222. The van der Waals surface area contributed by atoms with Gasteiger partial charge in [0.2, 0.25) is 10.0 Å². The molecule has 2 aromatic rings. The monoisotopic (exact) mass is 349 g/mol. The lowest BCUT2D eigenvalue weighted by atomic mass is 9.94. The molecule has 0 aliphatic rings. The molecule has 5 heteroatoms. The van der Waals surface area contributed by atoms with Gasteiger partial charge in [0.15, 0.2) is 0 Å². The second-order valence-corrected chi connectivity index (χ2v) is 8.00. The molecule has 2 rings (SSSR count). The maximum atomic E-state index is 13.1. The SMILES string of the molecule is C=CCN(C(C)(C)c1ccc(Cl)cc1)S(=O)(=O)c1ccccc1. The van der Waals surface area contributed by atoms with Gasteiger partial charge in [-0.25, -0.2) is 8.42 Å². The number of sulfonamides is 1. The molecule has 0 saturated carbocycles. The van der Waals surface area contributed by atoms with E-state index in [0.717, 1.165) is 5.56 Å². The molecule has 122 valence electrons. The Morgan fingerprint density at radius 2 is 1.65 bits per heavy atom. The minimum atomic E-state index is -3.65. The zero-order chi connectivity index (χ0) is 17.1. The minimum Gasteiger partial charge on any atom is -0.207 e. The normalized spacial score (nSPS) is 12.3. The molecular formula is C18H20ClNO2S. The first-order valence-corrected chi connectivity index (χ1v) is 9.07. The van der Waals surface area contributed by atoms with Gasteiger partial charge in [0.25, 0.3) is 0 Å². The van der Waals surface area contributed by atoms with Gasteiger partial charge in [-0.2, -0.15) is 4.31 Å². The topological polar surface area (TPSA) is 37.4 Å². The smallest absolute Gasteiger partial charge is 0.207 e. The van der Waals surface area contributed by atoms with E-state index in [-0.39, 0.29) is 11.4 Å². The molecule has 23 heavy (non-hydrogen) atoms. The van der Waals surface area contributed by atoms with Crippen LogP contribution in [0.4, 0.5) is 0 Å². The van der Waals surface area contributed by atoms with E-state index in [0.29, 0.717) is 5.02 Å². The van der Waals surface area contributed by atoms with Crippen LogP contribution in [0.15, 0.2) is 72.1 Å². The quantitative estimate of drug-likeness (QED) is 0.722. The van der Waals surface area contributed by atoms with Crippen LogP contribution in [0.3, 0.4) is 0 Å². The Kier molecular flexibility index (Phi) is 5.30. The maximum Gasteiger partial charge on any atom is 0.244 e. The molecular weight excluding hydrogens is 330 g/mol. The molecule has 0 spiro atoms. The summed E-state index contributed by atoms with van der Waals surface area (Å²) in [6, 6.07) is 15.6. The van der Waals surface area contributed by atoms with Crippen molar-refractivity contribution in [2.45, 2.75) is 24.3 Å². The summed E-state index contributed by atoms with van der Waals surface area (Å²) in [5.41, 5.74) is 0.122. The van der Waals surface area contributed by atoms with Crippen LogP contribution in [0, 0.1) is 0 Å². The van der Waals surface area contributed by atoms with Crippen LogP contribution in [0.1, 0.15) is 19.4 Å². The highest BCUT2D eigenvalue weighted by Crippen LogP contribution is 2.33. The van der Waals surface area contributed by atoms with Gasteiger partial charge in [0, 0.05) is 11.6 Å². The summed E-state index contributed by atoms with van der Waals surface area (Å²) in [6.45, 7) is 7.67. The fourth-order valence-electron chi connectivity index (χ4n) is 2.47. The van der Waals surface area contributed by atoms with Crippen LogP contribution in [0.2, 0.25) is 5.02 Å². The number of benzene rings is 2. The lowest BCUT2D eigenvalue weighted by molar-refractivity contribution is 0.249. The molecule has 0 saturated heterocycles. The van der Waals surface area contributed by atoms with Crippen LogP contribution in [-0.2, 0) is 15.6 Å². The number of hydrogen-bond acceptors (Lipinski definition) is 2. The molecule has 0 aliphatic carbocycles. The van der Waals surface area contributed by atoms with Crippen LogP contribution in [0.5, 0.6) is 0 Å². The van der Waals surface area contributed by atoms with E-state index in [4.69, 9.17) is 11.6 Å². The van der Waals surface area contributed by atoms with Crippen molar-refractivity contribution < 1.29 is 8.42 Å². The Hall–Kier alpha value is -1.62. The number of halogens is 1. The number of rotatable bonds is 6. The highest BCUT2D eigenvalue weighted by atomic mass is 35.5. The molecule has 0 heterocycles. The van der Waals surface area contributed by atoms with E-state index in [9.17, 15) is 8.42 Å². The van der Waals surface area contributed by atoms with Crippen molar-refractivity contribution in [3.63, 3.8) is 0 Å². The van der Waals surface area contributed by atoms with E-state index in [1.165, 1.54) is 4.31 Å². The molecule has 0 atom stereocenters. The number of nitrogens with zero attached hydrogens (tertiary/aromatic N) is 1. The molecule has 0 aliphatic heterocycles. The van der Waals surface area contributed by atoms with Crippen LogP contribution >= 0.6 is 11.6 Å². The van der Waals surface area contributed by atoms with Gasteiger partial charge in [-0.1, -0.05) is 48.0 Å². The first kappa shape index (κ1) is 17.7. The third-order valence-corrected chi connectivity index (χ3v) is 6.11. The highest BCUT2D eigenvalue weighted by molar-refractivity contribution is 7.89. The predicted octanol–water partition coefficient (Wildman–Crippen LogP) is 4.45. The summed E-state index contributed by atoms with van der Waals surface area (Å²) in [4.78, 5) is 0.267. The molecule has 0 amide bonds. The van der Waals surface area contributed by atoms with Crippen molar-refractivity contribution in [1.82, 2.24) is 4.31 Å². The van der Waals surface area contributed by atoms with Crippen molar-refractivity contribution in [1.29, 1.82) is 0 Å². The van der Waals surface area contributed by atoms with E-state index < -0.39 is 15.6 Å². The molecule has 0 unspecified atom stereocenters. The van der Waals surface area contributed by atoms with E-state index in [2.05, 4.69) is 6.58 Å². The molecule has 3 nitrogen and oxygen atoms in total. The third-order valence-electron chi connectivity index (χ3n) is 3.80. The average Bonchev–Trinajstić information content (AvgIpc) is 2.53. The average molecular weight is 350 g/mol. The van der Waals surface area contributed by atoms with E-state index >= 15 is 0 Å². The van der Waals surface area contributed by atoms with Crippen molar-refractivity contribution in [2.24, 2.45) is 0 Å². The summed E-state index contributed by atoms with van der Waals surface area (Å²) in [5, 5.41) is 0.616. The van der Waals surface area contributed by atoms with Gasteiger partial charge >= 0.3 is 0 Å². The first-order chi connectivity index (χ1) is 10.8. The second-order valence-electron chi connectivity index (χ2n) is 5.70. The summed E-state index contributed by atoms with van der Waals surface area (Å²) in [7, 11) is -3.65. The lowest BCUT2D eigenvalue weighted by Crippen LogP contribution is -2.45. The largest absolute Gasteiger partial charge is 0.244 e. The predicted molar refractivity (Wildman–Crippen MR) is 95.0 cm³/mol. The Morgan fingerprint density at radius 1 is 1.09 bits per heavy atom. The maximum absolute atomic E-state index is 13.1. The fourth-order valence-corrected chi connectivity index (χ4v) is 4.36. The van der Waals surface area contributed by atoms with Crippen molar-refractivity contribution in [3.8, 4) is 0 Å². The van der Waals surface area contributed by atoms with Gasteiger partial charge in [-0.15, -0.1) is 6.58 Å². The zero-order valence-corrected chi connectivity index (χ0v) is 14.8.